The largest absolute Gasteiger partial charge is 0.490 e. The molecule has 8 nitrogen and oxygen atoms in total. The maximum Gasteiger partial charge on any atom is 0.323 e. The minimum Gasteiger partial charge on any atom is -0.490 e. The van der Waals surface area contributed by atoms with Crippen LogP contribution in [0.1, 0.15) is 25.7 Å². The highest BCUT2D eigenvalue weighted by atomic mass is 35.5. The van der Waals surface area contributed by atoms with Crippen molar-refractivity contribution in [1.82, 2.24) is 10.2 Å². The van der Waals surface area contributed by atoms with Crippen LogP contribution < -0.4 is 20.7 Å². The first-order chi connectivity index (χ1) is 16.4. The Bertz CT molecular complexity index is 1090. The van der Waals surface area contributed by atoms with Crippen molar-refractivity contribution in [3.63, 3.8) is 0 Å². The van der Waals surface area contributed by atoms with Gasteiger partial charge in [0.25, 0.3) is 0 Å². The van der Waals surface area contributed by atoms with Crippen LogP contribution in [0.2, 0.25) is 10.0 Å². The lowest BCUT2D eigenvalue weighted by atomic mass is 10.1. The van der Waals surface area contributed by atoms with E-state index in [4.69, 9.17) is 27.9 Å². The highest BCUT2D eigenvalue weighted by Crippen LogP contribution is 2.35. The summed E-state index contributed by atoms with van der Waals surface area (Å²) in [4.78, 5) is 26.8. The minimum atomic E-state index is -0.447. The number of rotatable bonds is 6. The Kier molecular flexibility index (Phi) is 7.78. The van der Waals surface area contributed by atoms with Crippen LogP contribution in [-0.4, -0.2) is 48.1 Å². The average Bonchev–Trinajstić information content (AvgIpc) is 3.50. The van der Waals surface area contributed by atoms with E-state index in [1.165, 1.54) is 6.07 Å². The van der Waals surface area contributed by atoms with Gasteiger partial charge in [0.2, 0.25) is 5.91 Å². The molecule has 178 valence electrons. The van der Waals surface area contributed by atoms with E-state index in [2.05, 4.69) is 22.0 Å². The Morgan fingerprint density at radius 1 is 1.12 bits per heavy atom. The molecule has 0 saturated carbocycles. The fourth-order valence-electron chi connectivity index (χ4n) is 4.24. The number of ether oxygens (including phenoxy) is 1. The van der Waals surface area contributed by atoms with E-state index in [0.717, 1.165) is 19.3 Å². The molecule has 2 fully saturated rings. The van der Waals surface area contributed by atoms with Crippen molar-refractivity contribution >= 4 is 46.5 Å². The number of hydrogen-bond acceptors (Lipinski definition) is 5. The SMILES string of the molecule is N#C[C@@H]1CCCN1C(=O)[C@@H]1CC[C@H](COc2cc(NC(=O)Nc3ccccc3)c(Cl)cc2Cl)N1. The van der Waals surface area contributed by atoms with Gasteiger partial charge in [0.05, 0.1) is 27.8 Å². The molecule has 2 saturated heterocycles. The van der Waals surface area contributed by atoms with Crippen LogP contribution >= 0.6 is 23.2 Å². The summed E-state index contributed by atoms with van der Waals surface area (Å²) < 4.78 is 5.91. The van der Waals surface area contributed by atoms with Crippen LogP contribution in [0.5, 0.6) is 5.75 Å². The molecule has 0 radical (unpaired) electrons. The first-order valence-electron chi connectivity index (χ1n) is 11.2. The van der Waals surface area contributed by atoms with E-state index in [0.29, 0.717) is 41.7 Å². The molecule has 2 aromatic carbocycles. The summed E-state index contributed by atoms with van der Waals surface area (Å²) in [6.45, 7) is 0.923. The van der Waals surface area contributed by atoms with E-state index >= 15 is 0 Å². The third-order valence-corrected chi connectivity index (χ3v) is 6.57. The Labute approximate surface area is 208 Å². The Morgan fingerprint density at radius 3 is 2.68 bits per heavy atom. The third kappa shape index (κ3) is 5.73. The molecule has 0 unspecified atom stereocenters. The van der Waals surface area contributed by atoms with Crippen LogP contribution in [0.3, 0.4) is 0 Å². The highest BCUT2D eigenvalue weighted by Gasteiger charge is 2.37. The summed E-state index contributed by atoms with van der Waals surface area (Å²) in [5.74, 6) is 0.355. The normalized spacial score (nSPS) is 21.7. The Balaban J connectivity index is 1.33. The smallest absolute Gasteiger partial charge is 0.323 e. The molecule has 3 amide bonds. The summed E-state index contributed by atoms with van der Waals surface area (Å²) in [7, 11) is 0. The molecule has 0 spiro atoms. The highest BCUT2D eigenvalue weighted by molar-refractivity contribution is 6.37. The van der Waals surface area contributed by atoms with E-state index in [1.807, 2.05) is 18.2 Å². The molecule has 2 aromatic rings. The van der Waals surface area contributed by atoms with Gasteiger partial charge in [-0.05, 0) is 43.9 Å². The molecule has 3 N–H and O–H groups in total. The van der Waals surface area contributed by atoms with Crippen molar-refractivity contribution in [3.8, 4) is 11.8 Å². The van der Waals surface area contributed by atoms with Gasteiger partial charge < -0.3 is 20.3 Å². The van der Waals surface area contributed by atoms with Gasteiger partial charge in [-0.25, -0.2) is 4.79 Å². The standard InChI is InChI=1S/C24H25Cl2N5O3/c25-18-11-19(26)22(12-21(18)30-24(33)29-15-5-2-1-3-6-15)34-14-16-8-9-20(28-16)23(32)31-10-4-7-17(31)13-27/h1-3,5-6,11-12,16-17,20,28H,4,7-10,14H2,(H2,29,30,33)/t16-,17+,20+/m1/s1. The zero-order chi connectivity index (χ0) is 24.1. The summed E-state index contributed by atoms with van der Waals surface area (Å²) in [5, 5.41) is 18.6. The summed E-state index contributed by atoms with van der Waals surface area (Å²) in [5.41, 5.74) is 1.01. The molecule has 34 heavy (non-hydrogen) atoms. The molecule has 10 heteroatoms. The van der Waals surface area contributed by atoms with Gasteiger partial charge in [-0.3, -0.25) is 10.1 Å². The number of carbonyl (C=O) groups is 2. The van der Waals surface area contributed by atoms with Crippen LogP contribution in [-0.2, 0) is 4.79 Å². The lowest BCUT2D eigenvalue weighted by Gasteiger charge is -2.24. The molecule has 0 aliphatic carbocycles. The lowest BCUT2D eigenvalue weighted by Crippen LogP contribution is -2.47. The third-order valence-electron chi connectivity index (χ3n) is 5.97. The molecule has 0 bridgehead atoms. The molecular weight excluding hydrogens is 477 g/mol. The number of carbonyl (C=O) groups excluding carboxylic acids is 2. The number of amides is 3. The monoisotopic (exact) mass is 501 g/mol. The van der Waals surface area contributed by atoms with Crippen molar-refractivity contribution in [2.24, 2.45) is 0 Å². The van der Waals surface area contributed by atoms with Crippen molar-refractivity contribution in [3.05, 3.63) is 52.5 Å². The number of anilines is 2. The van der Waals surface area contributed by atoms with Gasteiger partial charge >= 0.3 is 6.03 Å². The summed E-state index contributed by atoms with van der Waals surface area (Å²) in [6, 6.07) is 13.2. The first kappa shape index (κ1) is 24.1. The molecule has 0 aromatic heterocycles. The number of hydrogen-bond donors (Lipinski definition) is 3. The second-order valence-corrected chi connectivity index (χ2v) is 9.15. The fourth-order valence-corrected chi connectivity index (χ4v) is 4.73. The van der Waals surface area contributed by atoms with E-state index in [9.17, 15) is 14.9 Å². The number of urea groups is 1. The van der Waals surface area contributed by atoms with Crippen molar-refractivity contribution in [2.45, 2.75) is 43.8 Å². The average molecular weight is 502 g/mol. The van der Waals surface area contributed by atoms with Crippen LogP contribution in [0, 0.1) is 11.3 Å². The van der Waals surface area contributed by atoms with E-state index < -0.39 is 6.03 Å². The first-order valence-corrected chi connectivity index (χ1v) is 11.9. The maximum absolute atomic E-state index is 12.8. The Morgan fingerprint density at radius 2 is 1.91 bits per heavy atom. The zero-order valence-electron chi connectivity index (χ0n) is 18.4. The number of para-hydroxylation sites is 1. The van der Waals surface area contributed by atoms with Crippen molar-refractivity contribution < 1.29 is 14.3 Å². The quantitative estimate of drug-likeness (QED) is 0.533. The van der Waals surface area contributed by atoms with Crippen LogP contribution in [0.25, 0.3) is 0 Å². The molecule has 2 aliphatic heterocycles. The van der Waals surface area contributed by atoms with Crippen molar-refractivity contribution in [2.75, 3.05) is 23.8 Å². The number of benzene rings is 2. The predicted molar refractivity (Wildman–Crippen MR) is 131 cm³/mol. The van der Waals surface area contributed by atoms with Crippen molar-refractivity contribution in [1.29, 1.82) is 5.26 Å². The molecule has 2 aliphatic rings. The minimum absolute atomic E-state index is 0.0213. The molecule has 2 heterocycles. The van der Waals surface area contributed by atoms with Gasteiger partial charge in [-0.1, -0.05) is 41.4 Å². The van der Waals surface area contributed by atoms with Gasteiger partial charge in [0.1, 0.15) is 18.4 Å². The van der Waals surface area contributed by atoms with Gasteiger partial charge in [-0.2, -0.15) is 5.26 Å². The summed E-state index contributed by atoms with van der Waals surface area (Å²) >= 11 is 12.6. The predicted octanol–water partition coefficient (Wildman–Crippen LogP) is 4.65. The summed E-state index contributed by atoms with van der Waals surface area (Å²) in [6.07, 6.45) is 3.04. The van der Waals surface area contributed by atoms with Crippen LogP contribution in [0.4, 0.5) is 16.2 Å². The van der Waals surface area contributed by atoms with E-state index in [1.54, 1.807) is 23.1 Å². The second kappa shape index (κ2) is 11.0. The zero-order valence-corrected chi connectivity index (χ0v) is 19.9. The fraction of sp³-hybridized carbons (Fsp3) is 0.375. The van der Waals surface area contributed by atoms with Gasteiger partial charge in [-0.15, -0.1) is 0 Å². The molecule has 3 atom stereocenters. The Hall–Kier alpha value is -2.99. The number of likely N-dealkylation sites (tertiary alicyclic amines) is 1. The number of nitrogens with one attached hydrogen (secondary N) is 3. The molecular formula is C24H25Cl2N5O3. The maximum atomic E-state index is 12.8. The number of nitriles is 1. The second-order valence-electron chi connectivity index (χ2n) is 8.33. The van der Waals surface area contributed by atoms with Gasteiger partial charge in [0.15, 0.2) is 0 Å². The van der Waals surface area contributed by atoms with Crippen LogP contribution in [0.15, 0.2) is 42.5 Å². The van der Waals surface area contributed by atoms with E-state index in [-0.39, 0.29) is 29.1 Å². The van der Waals surface area contributed by atoms with Gasteiger partial charge in [0, 0.05) is 24.3 Å². The molecule has 4 rings (SSSR count). The number of nitrogens with zero attached hydrogens (tertiary/aromatic N) is 2. The topological polar surface area (TPSA) is 106 Å². The lowest BCUT2D eigenvalue weighted by molar-refractivity contribution is -0.133. The number of halogens is 2.